The van der Waals surface area contributed by atoms with Gasteiger partial charge in [-0.1, -0.05) is 12.1 Å². The molecule has 6 N–H and O–H groups in total. The van der Waals surface area contributed by atoms with Crippen LogP contribution in [-0.2, 0) is 21.1 Å². The second-order valence-corrected chi connectivity index (χ2v) is 12.1. The lowest BCUT2D eigenvalue weighted by atomic mass is 10.1. The number of rotatable bonds is 16. The topological polar surface area (TPSA) is 198 Å². The van der Waals surface area contributed by atoms with Crippen molar-refractivity contribution in [3.8, 4) is 0 Å². The van der Waals surface area contributed by atoms with Gasteiger partial charge in [-0.3, -0.25) is 34.0 Å². The molecule has 0 spiro atoms. The molecule has 0 saturated carbocycles. The molecule has 0 atom stereocenters. The third-order valence-corrected chi connectivity index (χ3v) is 7.95. The van der Waals surface area contributed by atoms with E-state index in [1.54, 1.807) is 26.4 Å². The third-order valence-electron chi connectivity index (χ3n) is 7.61. The first-order chi connectivity index (χ1) is 23.8. The highest BCUT2D eigenvalue weighted by Crippen LogP contribution is 2.23. The molecule has 0 fully saturated rings. The van der Waals surface area contributed by atoms with Gasteiger partial charge in [-0.2, -0.15) is 10.2 Å². The molecular formula is C33H39Cl2N11O4. The first-order valence-electron chi connectivity index (χ1n) is 15.5. The first kappa shape index (κ1) is 37.4. The number of halogens is 2. The van der Waals surface area contributed by atoms with Crippen LogP contribution in [0, 0.1) is 12.3 Å². The van der Waals surface area contributed by atoms with Crippen LogP contribution in [0.25, 0.3) is 6.08 Å². The summed E-state index contributed by atoms with van der Waals surface area (Å²) in [6.45, 7) is 3.51. The Balaban J connectivity index is 1.39. The van der Waals surface area contributed by atoms with Gasteiger partial charge in [0, 0.05) is 88.5 Å². The number of hydrogen-bond donors (Lipinski definition) is 5. The van der Waals surface area contributed by atoms with Gasteiger partial charge in [0.1, 0.15) is 17.1 Å². The van der Waals surface area contributed by atoms with Crippen LogP contribution < -0.4 is 26.6 Å². The number of alkyl halides is 2. The predicted octanol–water partition coefficient (Wildman–Crippen LogP) is 3.54. The quantitative estimate of drug-likeness (QED) is 0.0380. The van der Waals surface area contributed by atoms with Gasteiger partial charge < -0.3 is 31.2 Å². The average molecular weight is 725 g/mol. The molecule has 0 saturated heterocycles. The maximum Gasteiger partial charge on any atom is 0.275 e. The Morgan fingerprint density at radius 1 is 0.880 bits per heavy atom. The number of carbonyl (C=O) groups is 4. The minimum absolute atomic E-state index is 0.0507. The van der Waals surface area contributed by atoms with E-state index in [1.165, 1.54) is 45.3 Å². The van der Waals surface area contributed by atoms with E-state index < -0.39 is 17.7 Å². The number of amides is 3. The molecule has 17 heteroatoms. The van der Waals surface area contributed by atoms with Gasteiger partial charge in [0.25, 0.3) is 17.7 Å². The van der Waals surface area contributed by atoms with Crippen molar-refractivity contribution in [2.24, 2.45) is 26.9 Å². The summed E-state index contributed by atoms with van der Waals surface area (Å²) in [6, 6.07) is 10.2. The molecule has 4 rings (SSSR count). The predicted molar refractivity (Wildman–Crippen MR) is 195 cm³/mol. The highest BCUT2D eigenvalue weighted by molar-refractivity contribution is 6.18. The van der Waals surface area contributed by atoms with Crippen LogP contribution in [0.2, 0.25) is 0 Å². The van der Waals surface area contributed by atoms with E-state index in [0.717, 1.165) is 16.8 Å². The zero-order chi connectivity index (χ0) is 36.5. The SMILES string of the molecule is Cc1cc(C=CC(=O)c2cc(C(=O)Nc3cc(C(=O)Nc4cc(C(=O)NCCC(=N)N)n(C)n4)n(C)n3)n(C)c2)ccc1N(CCCl)CCCl. The smallest absolute Gasteiger partial charge is 0.275 e. The van der Waals surface area contributed by atoms with Gasteiger partial charge in [0.15, 0.2) is 17.4 Å². The Morgan fingerprint density at radius 3 is 2.02 bits per heavy atom. The van der Waals surface area contributed by atoms with Crippen molar-refractivity contribution >= 4 is 75.9 Å². The first-order valence-corrected chi connectivity index (χ1v) is 16.6. The number of aryl methyl sites for hydroxylation is 4. The number of nitrogens with two attached hydrogens (primary N) is 1. The molecule has 4 aromatic rings. The van der Waals surface area contributed by atoms with E-state index in [1.807, 2.05) is 25.1 Å². The Hall–Kier alpha value is -5.41. The second-order valence-electron chi connectivity index (χ2n) is 11.3. The van der Waals surface area contributed by atoms with E-state index in [4.69, 9.17) is 34.3 Å². The minimum atomic E-state index is -0.576. The minimum Gasteiger partial charge on any atom is -0.388 e. The summed E-state index contributed by atoms with van der Waals surface area (Å²) in [7, 11) is 4.73. The number of allylic oxidation sites excluding steroid dienone is 1. The standard InChI is InChI=1S/C33H39Cl2N11O4/c1-20-15-21(5-7-23(20)46(13-10-34)14-11-35)6-8-27(47)22-16-24(43(2)19-22)32(49)39-30-18-26(45(4)42-30)33(50)40-29-17-25(44(3)41-29)31(48)38-12-9-28(36)37/h5-8,15-19H,9-14H2,1-4H3,(H3,36,37)(H,38,48)(H,39,42,49)(H,40,41,50). The highest BCUT2D eigenvalue weighted by Gasteiger charge is 2.21. The van der Waals surface area contributed by atoms with Crippen LogP contribution >= 0.6 is 23.2 Å². The van der Waals surface area contributed by atoms with Crippen molar-refractivity contribution in [3.05, 3.63) is 82.4 Å². The lowest BCUT2D eigenvalue weighted by Gasteiger charge is -2.25. The molecule has 0 aliphatic rings. The van der Waals surface area contributed by atoms with Gasteiger partial charge in [-0.15, -0.1) is 23.2 Å². The van der Waals surface area contributed by atoms with Crippen LogP contribution in [0.1, 0.15) is 59.4 Å². The van der Waals surface area contributed by atoms with Gasteiger partial charge in [0.2, 0.25) is 0 Å². The largest absolute Gasteiger partial charge is 0.388 e. The number of amidine groups is 1. The van der Waals surface area contributed by atoms with Crippen molar-refractivity contribution in [3.63, 3.8) is 0 Å². The number of carbonyl (C=O) groups excluding carboxylic acids is 4. The van der Waals surface area contributed by atoms with Crippen LogP contribution in [0.15, 0.2) is 48.7 Å². The van der Waals surface area contributed by atoms with Crippen molar-refractivity contribution in [2.75, 3.05) is 46.9 Å². The molecule has 15 nitrogen and oxygen atoms in total. The molecule has 0 aliphatic heterocycles. The zero-order valence-electron chi connectivity index (χ0n) is 28.1. The van der Waals surface area contributed by atoms with Gasteiger partial charge >= 0.3 is 0 Å². The second kappa shape index (κ2) is 16.8. The van der Waals surface area contributed by atoms with Gasteiger partial charge in [-0.25, -0.2) is 0 Å². The monoisotopic (exact) mass is 723 g/mol. The van der Waals surface area contributed by atoms with Crippen molar-refractivity contribution in [2.45, 2.75) is 13.3 Å². The molecule has 264 valence electrons. The Morgan fingerprint density at radius 2 is 1.46 bits per heavy atom. The summed E-state index contributed by atoms with van der Waals surface area (Å²) in [5.74, 6) is -0.691. The number of nitrogens with zero attached hydrogens (tertiary/aromatic N) is 6. The number of ketones is 1. The van der Waals surface area contributed by atoms with Crippen LogP contribution in [0.3, 0.4) is 0 Å². The maximum absolute atomic E-state index is 13.2. The fourth-order valence-electron chi connectivity index (χ4n) is 5.13. The third kappa shape index (κ3) is 9.39. The number of aromatic nitrogens is 5. The van der Waals surface area contributed by atoms with E-state index in [0.29, 0.717) is 30.4 Å². The van der Waals surface area contributed by atoms with Crippen LogP contribution in [0.4, 0.5) is 17.3 Å². The van der Waals surface area contributed by atoms with E-state index in [-0.39, 0.29) is 53.3 Å². The maximum atomic E-state index is 13.2. The van der Waals surface area contributed by atoms with Crippen molar-refractivity contribution in [1.29, 1.82) is 5.41 Å². The van der Waals surface area contributed by atoms with Crippen LogP contribution in [-0.4, -0.2) is 84.9 Å². The summed E-state index contributed by atoms with van der Waals surface area (Å²) in [6.07, 6.45) is 4.94. The molecule has 0 unspecified atom stereocenters. The molecule has 3 heterocycles. The molecule has 50 heavy (non-hydrogen) atoms. The van der Waals surface area contributed by atoms with Crippen molar-refractivity contribution < 1.29 is 19.2 Å². The number of nitrogens with one attached hydrogen (secondary N) is 4. The number of anilines is 3. The normalized spacial score (nSPS) is 11.1. The summed E-state index contributed by atoms with van der Waals surface area (Å²) >= 11 is 11.9. The fourth-order valence-corrected chi connectivity index (χ4v) is 5.54. The molecular weight excluding hydrogens is 685 g/mol. The fraction of sp³-hybridized carbons (Fsp3) is 0.303. The molecule has 1 aromatic carbocycles. The van der Waals surface area contributed by atoms with E-state index >= 15 is 0 Å². The lowest BCUT2D eigenvalue weighted by Crippen LogP contribution is -2.29. The Bertz CT molecular complexity index is 1940. The number of benzene rings is 1. The summed E-state index contributed by atoms with van der Waals surface area (Å²) in [4.78, 5) is 53.8. The van der Waals surface area contributed by atoms with Gasteiger partial charge in [0.05, 0.1) is 5.84 Å². The zero-order valence-corrected chi connectivity index (χ0v) is 29.6. The summed E-state index contributed by atoms with van der Waals surface area (Å²) < 4.78 is 4.13. The highest BCUT2D eigenvalue weighted by atomic mass is 35.5. The van der Waals surface area contributed by atoms with Crippen LogP contribution in [0.5, 0.6) is 0 Å². The Labute approximate surface area is 298 Å². The van der Waals surface area contributed by atoms with E-state index in [2.05, 4.69) is 31.0 Å². The average Bonchev–Trinajstić information content (AvgIpc) is 3.75. The van der Waals surface area contributed by atoms with Crippen molar-refractivity contribution in [1.82, 2.24) is 29.4 Å². The molecule has 3 amide bonds. The Kier molecular flexibility index (Phi) is 12.6. The van der Waals surface area contributed by atoms with E-state index in [9.17, 15) is 19.2 Å². The number of hydrogen-bond acceptors (Lipinski definition) is 8. The lowest BCUT2D eigenvalue weighted by molar-refractivity contribution is 0.0943. The molecule has 0 bridgehead atoms. The molecule has 0 radical (unpaired) electrons. The molecule has 0 aliphatic carbocycles. The molecule has 3 aromatic heterocycles. The summed E-state index contributed by atoms with van der Waals surface area (Å²) in [5, 5.41) is 23.6. The summed E-state index contributed by atoms with van der Waals surface area (Å²) in [5.41, 5.74) is 9.04. The van der Waals surface area contributed by atoms with Gasteiger partial charge in [-0.05, 0) is 42.3 Å².